The Morgan fingerprint density at radius 3 is 2.00 bits per heavy atom. The van der Waals surface area contributed by atoms with Gasteiger partial charge in [0.05, 0.1) is 6.61 Å². The van der Waals surface area contributed by atoms with Gasteiger partial charge in [0.2, 0.25) is 0 Å². The summed E-state index contributed by atoms with van der Waals surface area (Å²) in [6, 6.07) is 0. The predicted molar refractivity (Wildman–Crippen MR) is 17.9 cm³/mol. The van der Waals surface area contributed by atoms with Crippen molar-refractivity contribution in [1.29, 1.82) is 0 Å². The van der Waals surface area contributed by atoms with Crippen LogP contribution in [-0.2, 0) is 0 Å². The maximum absolute atomic E-state index is 8.03. The molecule has 31 valence electrons. The highest BCUT2D eigenvalue weighted by atomic mass is 16.3. The van der Waals surface area contributed by atoms with E-state index in [4.69, 9.17) is 10.2 Å². The Kier molecular flexibility index (Phi) is 2.14. The molecule has 0 spiro atoms. The molecule has 0 fully saturated rings. The lowest BCUT2D eigenvalue weighted by Crippen LogP contribution is -1.92. The Labute approximate surface area is 31.1 Å². The first-order valence-corrected chi connectivity index (χ1v) is 1.39. The van der Waals surface area contributed by atoms with Gasteiger partial charge < -0.3 is 10.2 Å². The summed E-state index contributed by atoms with van der Waals surface area (Å²) in [5, 5.41) is 15.9. The lowest BCUT2D eigenvalue weighted by Gasteiger charge is -1.88. The number of hydrogen-bond donors (Lipinski definition) is 2. The Morgan fingerprint density at radius 2 is 2.00 bits per heavy atom. The van der Waals surface area contributed by atoms with Crippen molar-refractivity contribution in [1.82, 2.24) is 0 Å². The number of rotatable bonds is 1. The molecule has 0 unspecified atom stereocenters. The summed E-state index contributed by atoms with van der Waals surface area (Å²) in [4.78, 5) is 0. The molecule has 0 amide bonds. The summed E-state index contributed by atoms with van der Waals surface area (Å²) in [7, 11) is 0. The second-order valence-electron chi connectivity index (χ2n) is 0.893. The number of aliphatic hydroxyl groups excluding tert-OH is 2. The standard InChI is InChI=1S/C3H7O2/c1-3(5)2-4/h4-5H,2H2,1H3. The molecule has 0 rings (SSSR count). The van der Waals surface area contributed by atoms with Crippen molar-refractivity contribution in [3.8, 4) is 0 Å². The van der Waals surface area contributed by atoms with E-state index in [2.05, 4.69) is 0 Å². The molecule has 5 heavy (non-hydrogen) atoms. The molecule has 0 atom stereocenters. The zero-order valence-electron chi connectivity index (χ0n) is 3.10. The van der Waals surface area contributed by atoms with Gasteiger partial charge in [0.25, 0.3) is 0 Å². The lowest BCUT2D eigenvalue weighted by atomic mass is 10.5. The summed E-state index contributed by atoms with van der Waals surface area (Å²) >= 11 is 0. The molecule has 0 bridgehead atoms. The van der Waals surface area contributed by atoms with E-state index in [-0.39, 0.29) is 12.7 Å². The summed E-state index contributed by atoms with van der Waals surface area (Å²) in [6.07, 6.45) is 0.0602. The van der Waals surface area contributed by atoms with Gasteiger partial charge in [0.1, 0.15) is 6.10 Å². The predicted octanol–water partition coefficient (Wildman–Crippen LogP) is -0.0969. The van der Waals surface area contributed by atoms with Crippen molar-refractivity contribution in [3.05, 3.63) is 6.10 Å². The van der Waals surface area contributed by atoms with E-state index in [9.17, 15) is 0 Å². The van der Waals surface area contributed by atoms with Crippen molar-refractivity contribution < 1.29 is 10.2 Å². The van der Waals surface area contributed by atoms with Crippen LogP contribution in [0.2, 0.25) is 0 Å². The van der Waals surface area contributed by atoms with E-state index in [0.717, 1.165) is 0 Å². The molecule has 0 aromatic carbocycles. The van der Waals surface area contributed by atoms with Gasteiger partial charge in [-0.15, -0.1) is 0 Å². The third kappa shape index (κ3) is 3.92. The topological polar surface area (TPSA) is 40.5 Å². The molecule has 0 aliphatic heterocycles. The quantitative estimate of drug-likeness (QED) is 0.457. The minimum atomic E-state index is -0.222. The molecule has 0 aliphatic carbocycles. The fourth-order valence-electron chi connectivity index (χ4n) is 0. The minimum Gasteiger partial charge on any atom is -0.393 e. The maximum Gasteiger partial charge on any atom is 0.115 e. The van der Waals surface area contributed by atoms with Crippen molar-refractivity contribution in [2.75, 3.05) is 6.61 Å². The first-order chi connectivity index (χ1) is 2.27. The van der Waals surface area contributed by atoms with Crippen LogP contribution in [0, 0.1) is 6.10 Å². The summed E-state index contributed by atoms with van der Waals surface area (Å²) in [5.74, 6) is 0. The molecule has 2 heteroatoms. The van der Waals surface area contributed by atoms with Gasteiger partial charge >= 0.3 is 0 Å². The molecule has 2 N–H and O–H groups in total. The fourth-order valence-corrected chi connectivity index (χ4v) is 0. The van der Waals surface area contributed by atoms with Crippen LogP contribution in [0.1, 0.15) is 6.92 Å². The van der Waals surface area contributed by atoms with Gasteiger partial charge in [0.15, 0.2) is 0 Å². The molecule has 0 saturated heterocycles. The van der Waals surface area contributed by atoms with Crippen LogP contribution in [0.4, 0.5) is 0 Å². The van der Waals surface area contributed by atoms with Crippen molar-refractivity contribution in [2.24, 2.45) is 0 Å². The maximum atomic E-state index is 8.03. The average Bonchev–Trinajstić information content (AvgIpc) is 1.38. The highest BCUT2D eigenvalue weighted by Crippen LogP contribution is 1.81. The first kappa shape index (κ1) is 4.92. The smallest absolute Gasteiger partial charge is 0.115 e. The van der Waals surface area contributed by atoms with Crippen LogP contribution in [0.15, 0.2) is 0 Å². The second kappa shape index (κ2) is 2.18. The van der Waals surface area contributed by atoms with Crippen LogP contribution in [0.3, 0.4) is 0 Å². The van der Waals surface area contributed by atoms with Gasteiger partial charge in [-0.25, -0.2) is 0 Å². The highest BCUT2D eigenvalue weighted by molar-refractivity contribution is 4.61. The van der Waals surface area contributed by atoms with E-state index in [1.54, 1.807) is 0 Å². The number of aliphatic hydroxyl groups is 2. The Balaban J connectivity index is 2.54. The first-order valence-electron chi connectivity index (χ1n) is 1.39. The van der Waals surface area contributed by atoms with Crippen LogP contribution in [0.5, 0.6) is 0 Å². The van der Waals surface area contributed by atoms with Crippen LogP contribution in [0.25, 0.3) is 0 Å². The normalized spacial score (nSPS) is 9.60. The van der Waals surface area contributed by atoms with E-state index < -0.39 is 0 Å². The van der Waals surface area contributed by atoms with Crippen LogP contribution >= 0.6 is 0 Å². The van der Waals surface area contributed by atoms with E-state index in [1.165, 1.54) is 6.92 Å². The zero-order valence-corrected chi connectivity index (χ0v) is 3.10. The number of hydrogen-bond acceptors (Lipinski definition) is 2. The molecule has 0 saturated carbocycles. The summed E-state index contributed by atoms with van der Waals surface area (Å²) in [5.41, 5.74) is 0. The van der Waals surface area contributed by atoms with Crippen molar-refractivity contribution in [2.45, 2.75) is 6.92 Å². The van der Waals surface area contributed by atoms with Crippen molar-refractivity contribution >= 4 is 0 Å². The third-order valence-electron chi connectivity index (χ3n) is 0.229. The third-order valence-corrected chi connectivity index (χ3v) is 0.229. The molecule has 0 aliphatic rings. The SMILES string of the molecule is C[C](O)CO. The van der Waals surface area contributed by atoms with Crippen LogP contribution in [-0.4, -0.2) is 16.8 Å². The van der Waals surface area contributed by atoms with Gasteiger partial charge in [-0.3, -0.25) is 0 Å². The second-order valence-corrected chi connectivity index (χ2v) is 0.893. The zero-order chi connectivity index (χ0) is 4.28. The highest BCUT2D eigenvalue weighted by Gasteiger charge is 1.85. The van der Waals surface area contributed by atoms with E-state index in [1.807, 2.05) is 0 Å². The largest absolute Gasteiger partial charge is 0.393 e. The van der Waals surface area contributed by atoms with Gasteiger partial charge in [-0.2, -0.15) is 0 Å². The summed E-state index contributed by atoms with van der Waals surface area (Å²) < 4.78 is 0. The Bertz CT molecular complexity index is 18.9. The molecule has 0 aromatic rings. The Morgan fingerprint density at radius 1 is 1.80 bits per heavy atom. The Hall–Kier alpha value is -0.0800. The van der Waals surface area contributed by atoms with Gasteiger partial charge in [0, 0.05) is 0 Å². The molecule has 0 aromatic heterocycles. The molecular formula is C3H7O2. The van der Waals surface area contributed by atoms with E-state index >= 15 is 0 Å². The minimum absolute atomic E-state index is 0.0602. The molecular weight excluding hydrogens is 68.0 g/mol. The summed E-state index contributed by atoms with van der Waals surface area (Å²) in [6.45, 7) is 1.22. The monoisotopic (exact) mass is 75.0 g/mol. The van der Waals surface area contributed by atoms with Gasteiger partial charge in [-0.1, -0.05) is 0 Å². The van der Waals surface area contributed by atoms with Crippen molar-refractivity contribution in [3.63, 3.8) is 0 Å². The average molecular weight is 75.1 g/mol. The molecule has 0 heterocycles. The van der Waals surface area contributed by atoms with Crippen LogP contribution < -0.4 is 0 Å². The molecule has 2 nitrogen and oxygen atoms in total. The van der Waals surface area contributed by atoms with E-state index in [0.29, 0.717) is 0 Å². The van der Waals surface area contributed by atoms with Gasteiger partial charge in [-0.05, 0) is 6.92 Å². The fraction of sp³-hybridized carbons (Fsp3) is 0.667. The molecule has 1 radical (unpaired) electrons. The lowest BCUT2D eigenvalue weighted by molar-refractivity contribution is 0.194.